The Hall–Kier alpha value is -3.59. The van der Waals surface area contributed by atoms with Crippen LogP contribution in [0.4, 0.5) is 19.0 Å². The van der Waals surface area contributed by atoms with Crippen LogP contribution in [0.3, 0.4) is 0 Å². The van der Waals surface area contributed by atoms with Crippen LogP contribution >= 0.6 is 11.6 Å². The lowest BCUT2D eigenvalue weighted by molar-refractivity contribution is -0.137. The van der Waals surface area contributed by atoms with E-state index < -0.39 is 17.7 Å². The molecule has 2 aromatic carbocycles. The van der Waals surface area contributed by atoms with Crippen LogP contribution < -0.4 is 4.90 Å². The SMILES string of the molecule is CCOC(=O)c1c(N2CCCC2)nn2c(-c3ccc(C(F)(F)F)cc3)c(-c3ccccc3Cl)cnc12. The summed E-state index contributed by atoms with van der Waals surface area (Å²) in [6, 6.07) is 11.9. The van der Waals surface area contributed by atoms with Crippen molar-refractivity contribution in [1.82, 2.24) is 14.6 Å². The number of benzene rings is 2. The molecule has 0 saturated carbocycles. The zero-order valence-corrected chi connectivity index (χ0v) is 20.1. The Morgan fingerprint density at radius 1 is 1.06 bits per heavy atom. The van der Waals surface area contributed by atoms with Crippen LogP contribution in [0.1, 0.15) is 35.7 Å². The first-order valence-corrected chi connectivity index (χ1v) is 11.9. The highest BCUT2D eigenvalue weighted by Crippen LogP contribution is 2.39. The molecule has 1 aliphatic rings. The highest BCUT2D eigenvalue weighted by atomic mass is 35.5. The first-order valence-electron chi connectivity index (χ1n) is 11.6. The number of esters is 1. The number of rotatable bonds is 5. The average molecular weight is 515 g/mol. The van der Waals surface area contributed by atoms with Gasteiger partial charge in [-0.3, -0.25) is 0 Å². The number of ether oxygens (including phenoxy) is 1. The fourth-order valence-electron chi connectivity index (χ4n) is 4.48. The molecule has 2 aromatic heterocycles. The van der Waals surface area contributed by atoms with Crippen molar-refractivity contribution in [3.63, 3.8) is 0 Å². The quantitative estimate of drug-likeness (QED) is 0.284. The predicted octanol–water partition coefficient (Wildman–Crippen LogP) is 6.51. The molecule has 1 saturated heterocycles. The Morgan fingerprint density at radius 2 is 1.75 bits per heavy atom. The molecular weight excluding hydrogens is 493 g/mol. The van der Waals surface area contributed by atoms with Gasteiger partial charge in [0.2, 0.25) is 0 Å². The zero-order valence-electron chi connectivity index (χ0n) is 19.3. The largest absolute Gasteiger partial charge is 0.462 e. The van der Waals surface area contributed by atoms with E-state index in [2.05, 4.69) is 4.98 Å². The monoisotopic (exact) mass is 514 g/mol. The summed E-state index contributed by atoms with van der Waals surface area (Å²) in [6.45, 7) is 3.35. The van der Waals surface area contributed by atoms with Gasteiger partial charge in [0.15, 0.2) is 11.5 Å². The van der Waals surface area contributed by atoms with Crippen LogP contribution in [-0.2, 0) is 10.9 Å². The molecule has 1 aliphatic heterocycles. The van der Waals surface area contributed by atoms with Gasteiger partial charge in [-0.1, -0.05) is 41.9 Å². The van der Waals surface area contributed by atoms with Gasteiger partial charge in [0.05, 0.1) is 17.9 Å². The molecule has 10 heteroatoms. The Labute approximate surface area is 210 Å². The van der Waals surface area contributed by atoms with Crippen LogP contribution in [0.15, 0.2) is 54.7 Å². The average Bonchev–Trinajstić information content (AvgIpc) is 3.51. The molecule has 0 N–H and O–H groups in total. The van der Waals surface area contributed by atoms with E-state index in [0.717, 1.165) is 38.1 Å². The highest BCUT2D eigenvalue weighted by molar-refractivity contribution is 6.33. The molecule has 0 unspecified atom stereocenters. The molecule has 0 spiro atoms. The molecular formula is C26H22ClF3N4O2. The number of carbonyl (C=O) groups is 1. The Balaban J connectivity index is 1.81. The molecule has 1 fully saturated rings. The molecule has 0 aliphatic carbocycles. The van der Waals surface area contributed by atoms with Crippen LogP contribution in [0.2, 0.25) is 5.02 Å². The van der Waals surface area contributed by atoms with Crippen molar-refractivity contribution < 1.29 is 22.7 Å². The highest BCUT2D eigenvalue weighted by Gasteiger charge is 2.32. The third-order valence-corrected chi connectivity index (χ3v) is 6.49. The van der Waals surface area contributed by atoms with Crippen LogP contribution in [0.5, 0.6) is 0 Å². The second-order valence-corrected chi connectivity index (χ2v) is 8.83. The number of halogens is 4. The van der Waals surface area contributed by atoms with E-state index in [4.69, 9.17) is 21.4 Å². The maximum absolute atomic E-state index is 13.3. The van der Waals surface area contributed by atoms with Gasteiger partial charge in [0, 0.05) is 41.0 Å². The maximum atomic E-state index is 13.3. The summed E-state index contributed by atoms with van der Waals surface area (Å²) in [4.78, 5) is 19.6. The number of alkyl halides is 3. The lowest BCUT2D eigenvalue weighted by Crippen LogP contribution is -2.21. The van der Waals surface area contributed by atoms with Crippen molar-refractivity contribution in [2.75, 3.05) is 24.6 Å². The molecule has 0 amide bonds. The van der Waals surface area contributed by atoms with Crippen LogP contribution in [0, 0.1) is 0 Å². The van der Waals surface area contributed by atoms with E-state index in [0.29, 0.717) is 33.2 Å². The lowest BCUT2D eigenvalue weighted by atomic mass is 9.99. The van der Waals surface area contributed by atoms with Crippen molar-refractivity contribution in [2.24, 2.45) is 0 Å². The van der Waals surface area contributed by atoms with Gasteiger partial charge in [-0.2, -0.15) is 13.2 Å². The number of nitrogens with zero attached hydrogens (tertiary/aromatic N) is 4. The fourth-order valence-corrected chi connectivity index (χ4v) is 4.72. The molecule has 0 bridgehead atoms. The Kier molecular flexibility index (Phi) is 6.34. The first-order chi connectivity index (χ1) is 17.3. The first kappa shape index (κ1) is 24.1. The van der Waals surface area contributed by atoms with Gasteiger partial charge in [-0.15, -0.1) is 5.10 Å². The second-order valence-electron chi connectivity index (χ2n) is 8.42. The Morgan fingerprint density at radius 3 is 2.39 bits per heavy atom. The molecule has 5 rings (SSSR count). The molecule has 3 heterocycles. The summed E-state index contributed by atoms with van der Waals surface area (Å²) in [5, 5.41) is 5.22. The van der Waals surface area contributed by atoms with Gasteiger partial charge >= 0.3 is 12.1 Å². The smallest absolute Gasteiger partial charge is 0.416 e. The fraction of sp³-hybridized carbons (Fsp3) is 0.269. The number of hydrogen-bond donors (Lipinski definition) is 0. The van der Waals surface area contributed by atoms with E-state index in [1.165, 1.54) is 16.6 Å². The number of anilines is 1. The van der Waals surface area contributed by atoms with Gasteiger partial charge < -0.3 is 9.64 Å². The number of aromatic nitrogens is 3. The van der Waals surface area contributed by atoms with Gasteiger partial charge in [0.25, 0.3) is 0 Å². The van der Waals surface area contributed by atoms with Crippen molar-refractivity contribution in [3.05, 3.63) is 70.9 Å². The summed E-state index contributed by atoms with van der Waals surface area (Å²) in [5.74, 6) is -0.103. The third kappa shape index (κ3) is 4.28. The molecule has 0 atom stereocenters. The van der Waals surface area contributed by atoms with Gasteiger partial charge in [0.1, 0.15) is 5.56 Å². The number of carbonyl (C=O) groups excluding carboxylic acids is 1. The summed E-state index contributed by atoms with van der Waals surface area (Å²) in [7, 11) is 0. The molecule has 186 valence electrons. The zero-order chi connectivity index (χ0) is 25.4. The van der Waals surface area contributed by atoms with Crippen molar-refractivity contribution >= 4 is 29.0 Å². The molecule has 0 radical (unpaired) electrons. The van der Waals surface area contributed by atoms with Crippen LogP contribution in [0.25, 0.3) is 28.0 Å². The summed E-state index contributed by atoms with van der Waals surface area (Å²) in [6.07, 6.45) is -0.981. The normalized spacial score (nSPS) is 14.0. The lowest BCUT2D eigenvalue weighted by Gasteiger charge is -2.15. The van der Waals surface area contributed by atoms with Crippen molar-refractivity contribution in [2.45, 2.75) is 25.9 Å². The summed E-state index contributed by atoms with van der Waals surface area (Å²) in [5.41, 5.74) is 1.88. The van der Waals surface area contributed by atoms with Crippen LogP contribution in [-0.4, -0.2) is 40.3 Å². The number of hydrogen-bond acceptors (Lipinski definition) is 5. The predicted molar refractivity (Wildman–Crippen MR) is 131 cm³/mol. The second kappa shape index (κ2) is 9.46. The van der Waals surface area contributed by atoms with Crippen molar-refractivity contribution in [1.29, 1.82) is 0 Å². The minimum Gasteiger partial charge on any atom is -0.462 e. The standard InChI is InChI=1S/C26H22ClF3N4O2/c1-2-36-25(35)21-23-31-15-19(18-7-3-4-8-20(18)27)22(16-9-11-17(12-10-16)26(28,29)30)34(23)32-24(21)33-13-5-6-14-33/h3-4,7-12,15H,2,5-6,13-14H2,1H3. The number of fused-ring (bicyclic) bond motifs is 1. The summed E-state index contributed by atoms with van der Waals surface area (Å²) < 4.78 is 46.6. The minimum atomic E-state index is -4.47. The van der Waals surface area contributed by atoms with E-state index in [1.807, 2.05) is 11.0 Å². The van der Waals surface area contributed by atoms with E-state index >= 15 is 0 Å². The van der Waals surface area contributed by atoms with Gasteiger partial charge in [-0.05, 0) is 38.0 Å². The van der Waals surface area contributed by atoms with E-state index in [9.17, 15) is 18.0 Å². The molecule has 6 nitrogen and oxygen atoms in total. The topological polar surface area (TPSA) is 59.7 Å². The Bertz CT molecular complexity index is 1430. The maximum Gasteiger partial charge on any atom is 0.416 e. The minimum absolute atomic E-state index is 0.180. The van der Waals surface area contributed by atoms with E-state index in [-0.39, 0.29) is 17.8 Å². The van der Waals surface area contributed by atoms with Gasteiger partial charge in [-0.25, -0.2) is 14.3 Å². The van der Waals surface area contributed by atoms with Crippen molar-refractivity contribution in [3.8, 4) is 22.4 Å². The summed E-state index contributed by atoms with van der Waals surface area (Å²) >= 11 is 6.50. The van der Waals surface area contributed by atoms with E-state index in [1.54, 1.807) is 31.3 Å². The molecule has 4 aromatic rings. The molecule has 36 heavy (non-hydrogen) atoms. The third-order valence-electron chi connectivity index (χ3n) is 6.16.